The van der Waals surface area contributed by atoms with Crippen LogP contribution in [-0.2, 0) is 14.3 Å². The lowest BCUT2D eigenvalue weighted by atomic mass is 9.93. The van der Waals surface area contributed by atoms with Crippen LogP contribution < -0.4 is 4.74 Å². The molecule has 0 bridgehead atoms. The molecule has 2 aliphatic heterocycles. The highest BCUT2D eigenvalue weighted by molar-refractivity contribution is 5.81. The van der Waals surface area contributed by atoms with Crippen molar-refractivity contribution in [3.8, 4) is 5.75 Å². The van der Waals surface area contributed by atoms with Gasteiger partial charge in [0, 0.05) is 25.6 Å². The molecule has 2 aliphatic rings. The topological polar surface area (TPSA) is 59.1 Å². The lowest BCUT2D eigenvalue weighted by Crippen LogP contribution is -2.58. The summed E-state index contributed by atoms with van der Waals surface area (Å²) in [5.41, 5.74) is 0. The lowest BCUT2D eigenvalue weighted by molar-refractivity contribution is -0.148. The predicted molar refractivity (Wildman–Crippen MR) is 93.2 cm³/mol. The number of nitrogens with zero attached hydrogens (tertiary/aromatic N) is 2. The van der Waals surface area contributed by atoms with Gasteiger partial charge >= 0.3 is 0 Å². The third-order valence-electron chi connectivity index (χ3n) is 4.92. The third-order valence-corrected chi connectivity index (χ3v) is 4.92. The number of hydrogen-bond donors (Lipinski definition) is 0. The number of rotatable bonds is 6. The van der Waals surface area contributed by atoms with Crippen LogP contribution in [-0.4, -0.2) is 67.1 Å². The van der Waals surface area contributed by atoms with Crippen LogP contribution in [0, 0.1) is 11.7 Å². The van der Waals surface area contributed by atoms with E-state index in [-0.39, 0.29) is 42.0 Å². The molecule has 7 heteroatoms. The third kappa shape index (κ3) is 4.33. The zero-order valence-electron chi connectivity index (χ0n) is 15.0. The van der Waals surface area contributed by atoms with Gasteiger partial charge in [0.15, 0.2) is 11.6 Å². The maximum absolute atomic E-state index is 13.6. The minimum absolute atomic E-state index is 0.0138. The van der Waals surface area contributed by atoms with E-state index in [0.29, 0.717) is 45.6 Å². The van der Waals surface area contributed by atoms with E-state index in [0.717, 1.165) is 0 Å². The van der Waals surface area contributed by atoms with Gasteiger partial charge in [0.1, 0.15) is 12.7 Å². The highest BCUT2D eigenvalue weighted by Gasteiger charge is 2.37. The van der Waals surface area contributed by atoms with Crippen molar-refractivity contribution < 1.29 is 23.5 Å². The number of hydrogen-bond acceptors (Lipinski definition) is 4. The molecule has 0 radical (unpaired) electrons. The molecule has 142 valence electrons. The van der Waals surface area contributed by atoms with Crippen LogP contribution in [0.15, 0.2) is 24.3 Å². The van der Waals surface area contributed by atoms with Crippen LogP contribution in [0.4, 0.5) is 4.39 Å². The second kappa shape index (κ2) is 8.49. The van der Waals surface area contributed by atoms with Gasteiger partial charge in [-0.25, -0.2) is 4.39 Å². The number of ether oxygens (including phenoxy) is 2. The fourth-order valence-electron chi connectivity index (χ4n) is 3.33. The van der Waals surface area contributed by atoms with Crippen molar-refractivity contribution in [3.63, 3.8) is 0 Å². The lowest BCUT2D eigenvalue weighted by Gasteiger charge is -2.42. The maximum atomic E-state index is 13.6. The first kappa shape index (κ1) is 18.6. The minimum Gasteiger partial charge on any atom is -0.484 e. The highest BCUT2D eigenvalue weighted by atomic mass is 19.1. The van der Waals surface area contributed by atoms with Gasteiger partial charge in [-0.1, -0.05) is 12.1 Å². The minimum atomic E-state index is -0.388. The molecule has 2 saturated heterocycles. The zero-order chi connectivity index (χ0) is 18.5. The fraction of sp³-hybridized carbons (Fsp3) is 0.579. The largest absolute Gasteiger partial charge is 0.484 e. The average Bonchev–Trinajstić information content (AvgIpc) is 2.63. The molecule has 2 amide bonds. The number of benzene rings is 1. The molecule has 26 heavy (non-hydrogen) atoms. The summed E-state index contributed by atoms with van der Waals surface area (Å²) < 4.78 is 24.3. The first-order chi connectivity index (χ1) is 12.6. The molecule has 0 aromatic heterocycles. The quantitative estimate of drug-likeness (QED) is 0.771. The normalized spacial score (nSPS) is 18.5. The first-order valence-electron chi connectivity index (χ1n) is 9.14. The number of carbonyl (C=O) groups is 2. The van der Waals surface area contributed by atoms with E-state index in [1.165, 1.54) is 6.07 Å². The van der Waals surface area contributed by atoms with Gasteiger partial charge in [-0.05, 0) is 31.9 Å². The van der Waals surface area contributed by atoms with Crippen molar-refractivity contribution in [2.45, 2.75) is 25.9 Å². The Morgan fingerprint density at radius 2 is 1.85 bits per heavy atom. The number of para-hydroxylation sites is 1. The Hall–Kier alpha value is -2.15. The number of piperidine rings is 1. The summed E-state index contributed by atoms with van der Waals surface area (Å²) >= 11 is 0. The van der Waals surface area contributed by atoms with Crippen LogP contribution in [0.2, 0.25) is 0 Å². The summed E-state index contributed by atoms with van der Waals surface area (Å²) in [7, 11) is 0. The number of likely N-dealkylation sites (tertiary alicyclic amines) is 2. The zero-order valence-corrected chi connectivity index (χ0v) is 15.0. The Balaban J connectivity index is 1.40. The Morgan fingerprint density at radius 1 is 1.15 bits per heavy atom. The van der Waals surface area contributed by atoms with E-state index >= 15 is 0 Å². The van der Waals surface area contributed by atoms with Gasteiger partial charge in [-0.2, -0.15) is 0 Å². The van der Waals surface area contributed by atoms with Crippen molar-refractivity contribution >= 4 is 11.8 Å². The summed E-state index contributed by atoms with van der Waals surface area (Å²) in [6.07, 6.45) is 1.18. The summed E-state index contributed by atoms with van der Waals surface area (Å²) in [4.78, 5) is 28.0. The monoisotopic (exact) mass is 364 g/mol. The van der Waals surface area contributed by atoms with E-state index in [1.54, 1.807) is 28.0 Å². The van der Waals surface area contributed by atoms with Gasteiger partial charge in [-0.15, -0.1) is 0 Å². The van der Waals surface area contributed by atoms with E-state index in [4.69, 9.17) is 9.47 Å². The number of amides is 2. The molecule has 0 aliphatic carbocycles. The highest BCUT2D eigenvalue weighted by Crippen LogP contribution is 2.25. The molecule has 0 saturated carbocycles. The van der Waals surface area contributed by atoms with Crippen LogP contribution in [0.3, 0.4) is 0 Å². The molecular weight excluding hydrogens is 339 g/mol. The standard InChI is InChI=1S/C19H25FN2O4/c1-2-25-13-18(23)21-9-7-14(8-10-21)19(24)22-11-15(12-22)26-17-6-4-3-5-16(17)20/h3-6,14-15H,2,7-13H2,1H3. The summed E-state index contributed by atoms with van der Waals surface area (Å²) in [5, 5.41) is 0. The molecule has 0 atom stereocenters. The Bertz CT molecular complexity index is 640. The van der Waals surface area contributed by atoms with Crippen LogP contribution in [0.1, 0.15) is 19.8 Å². The van der Waals surface area contributed by atoms with E-state index in [1.807, 2.05) is 6.92 Å². The summed E-state index contributed by atoms with van der Waals surface area (Å²) in [6, 6.07) is 6.29. The van der Waals surface area contributed by atoms with Crippen LogP contribution >= 0.6 is 0 Å². The van der Waals surface area contributed by atoms with Gasteiger partial charge < -0.3 is 19.3 Å². The van der Waals surface area contributed by atoms with Crippen LogP contribution in [0.5, 0.6) is 5.75 Å². The number of halogens is 1. The Morgan fingerprint density at radius 3 is 2.50 bits per heavy atom. The van der Waals surface area contributed by atoms with Crippen LogP contribution in [0.25, 0.3) is 0 Å². The molecule has 1 aromatic carbocycles. The van der Waals surface area contributed by atoms with Crippen molar-refractivity contribution in [1.82, 2.24) is 9.80 Å². The molecule has 0 spiro atoms. The van der Waals surface area contributed by atoms with E-state index in [9.17, 15) is 14.0 Å². The van der Waals surface area contributed by atoms with Gasteiger partial charge in [0.25, 0.3) is 0 Å². The second-order valence-corrected chi connectivity index (χ2v) is 6.71. The fourth-order valence-corrected chi connectivity index (χ4v) is 3.33. The molecule has 1 aromatic rings. The van der Waals surface area contributed by atoms with Gasteiger partial charge in [0.2, 0.25) is 11.8 Å². The van der Waals surface area contributed by atoms with E-state index in [2.05, 4.69) is 0 Å². The SMILES string of the molecule is CCOCC(=O)N1CCC(C(=O)N2CC(Oc3ccccc3F)C2)CC1. The molecular formula is C19H25FN2O4. The molecule has 3 rings (SSSR count). The van der Waals surface area contributed by atoms with E-state index < -0.39 is 0 Å². The molecule has 2 heterocycles. The summed E-state index contributed by atoms with van der Waals surface area (Å²) in [6.45, 7) is 4.63. The van der Waals surface area contributed by atoms with Crippen molar-refractivity contribution in [2.75, 3.05) is 39.4 Å². The van der Waals surface area contributed by atoms with Gasteiger partial charge in [0.05, 0.1) is 13.1 Å². The van der Waals surface area contributed by atoms with Gasteiger partial charge in [-0.3, -0.25) is 9.59 Å². The Kier molecular flexibility index (Phi) is 6.08. The average molecular weight is 364 g/mol. The van der Waals surface area contributed by atoms with Crippen molar-refractivity contribution in [1.29, 1.82) is 0 Å². The second-order valence-electron chi connectivity index (χ2n) is 6.71. The smallest absolute Gasteiger partial charge is 0.248 e. The number of carbonyl (C=O) groups excluding carboxylic acids is 2. The predicted octanol–water partition coefficient (Wildman–Crippen LogP) is 1.69. The first-order valence-corrected chi connectivity index (χ1v) is 9.14. The molecule has 0 N–H and O–H groups in total. The summed E-state index contributed by atoms with van der Waals surface area (Å²) in [5.74, 6) is -0.122. The molecule has 6 nitrogen and oxygen atoms in total. The van der Waals surface area contributed by atoms with Crippen molar-refractivity contribution in [2.24, 2.45) is 5.92 Å². The molecule has 2 fully saturated rings. The molecule has 0 unspecified atom stereocenters. The van der Waals surface area contributed by atoms with Crippen molar-refractivity contribution in [3.05, 3.63) is 30.1 Å². The maximum Gasteiger partial charge on any atom is 0.248 e. The Labute approximate surface area is 152 Å².